The summed E-state index contributed by atoms with van der Waals surface area (Å²) < 4.78 is 0. The maximum Gasteiger partial charge on any atom is 0.407 e. The van der Waals surface area contributed by atoms with Crippen molar-refractivity contribution in [3.63, 3.8) is 0 Å². The average molecular weight is 489 g/mol. The molecule has 1 aromatic heterocycles. The second-order valence-corrected chi connectivity index (χ2v) is 9.87. The molecule has 3 rings (SSSR count). The normalized spacial score (nSPS) is 18.3. The van der Waals surface area contributed by atoms with Crippen LogP contribution in [0.1, 0.15) is 49.7 Å². The van der Waals surface area contributed by atoms with Crippen LogP contribution in [-0.2, 0) is 11.2 Å². The smallest absolute Gasteiger partial charge is 0.407 e. The quantitative estimate of drug-likeness (QED) is 0.504. The van der Waals surface area contributed by atoms with E-state index >= 15 is 0 Å². The molecular formula is C24H29ClN4O5. The fourth-order valence-corrected chi connectivity index (χ4v) is 4.58. The van der Waals surface area contributed by atoms with Gasteiger partial charge in [0.25, 0.3) is 5.91 Å². The van der Waals surface area contributed by atoms with E-state index < -0.39 is 23.9 Å². The van der Waals surface area contributed by atoms with Crippen LogP contribution >= 0.6 is 11.6 Å². The topological polar surface area (TPSA) is 132 Å². The first-order valence-corrected chi connectivity index (χ1v) is 11.4. The van der Waals surface area contributed by atoms with Crippen LogP contribution in [0, 0.1) is 5.41 Å². The first kappa shape index (κ1) is 25.3. The van der Waals surface area contributed by atoms with E-state index in [-0.39, 0.29) is 29.3 Å². The van der Waals surface area contributed by atoms with Gasteiger partial charge in [0.05, 0.1) is 18.5 Å². The maximum atomic E-state index is 13.0. The van der Waals surface area contributed by atoms with Gasteiger partial charge in [-0.2, -0.15) is 0 Å². The molecule has 0 radical (unpaired) electrons. The number of likely N-dealkylation sites (tertiary alicyclic amines) is 1. The number of carboxylic acid groups (broad SMARTS) is 1. The third-order valence-corrected chi connectivity index (χ3v) is 5.98. The molecule has 9 nitrogen and oxygen atoms in total. The molecule has 1 fully saturated rings. The Hall–Kier alpha value is -3.33. The Morgan fingerprint density at radius 1 is 1.21 bits per heavy atom. The van der Waals surface area contributed by atoms with Gasteiger partial charge in [-0.25, -0.2) is 4.79 Å². The summed E-state index contributed by atoms with van der Waals surface area (Å²) in [4.78, 5) is 42.7. The van der Waals surface area contributed by atoms with Crippen molar-refractivity contribution in [2.45, 2.75) is 52.1 Å². The predicted octanol–water partition coefficient (Wildman–Crippen LogP) is 3.91. The van der Waals surface area contributed by atoms with Gasteiger partial charge >= 0.3 is 6.09 Å². The number of hydrogen-bond acceptors (Lipinski definition) is 5. The molecule has 0 spiro atoms. The first-order valence-electron chi connectivity index (χ1n) is 11.0. The predicted molar refractivity (Wildman–Crippen MR) is 128 cm³/mol. The van der Waals surface area contributed by atoms with Gasteiger partial charge < -0.3 is 25.7 Å². The Labute approximate surface area is 203 Å². The van der Waals surface area contributed by atoms with E-state index in [2.05, 4.69) is 15.6 Å². The van der Waals surface area contributed by atoms with Gasteiger partial charge in [-0.1, -0.05) is 32.4 Å². The summed E-state index contributed by atoms with van der Waals surface area (Å²) in [5, 5.41) is 25.6. The zero-order valence-corrected chi connectivity index (χ0v) is 20.1. The summed E-state index contributed by atoms with van der Waals surface area (Å²) >= 11 is 5.93. The number of benzene rings is 1. The molecule has 34 heavy (non-hydrogen) atoms. The molecule has 182 valence electrons. The fraction of sp³-hybridized carbons (Fsp3) is 0.417. The van der Waals surface area contributed by atoms with Crippen molar-refractivity contribution in [3.8, 4) is 5.75 Å². The van der Waals surface area contributed by atoms with Crippen molar-refractivity contribution in [2.24, 2.45) is 5.41 Å². The minimum atomic E-state index is -1.01. The third-order valence-electron chi connectivity index (χ3n) is 5.75. The van der Waals surface area contributed by atoms with E-state index in [9.17, 15) is 24.6 Å². The zero-order valence-electron chi connectivity index (χ0n) is 19.3. The van der Waals surface area contributed by atoms with Gasteiger partial charge in [-0.3, -0.25) is 14.6 Å². The molecule has 0 saturated carbocycles. The van der Waals surface area contributed by atoms with Crippen LogP contribution in [-0.4, -0.2) is 56.6 Å². The highest BCUT2D eigenvalue weighted by Gasteiger charge is 2.42. The summed E-state index contributed by atoms with van der Waals surface area (Å²) in [6.45, 7) is 6.27. The lowest BCUT2D eigenvalue weighted by molar-refractivity contribution is -0.115. The number of aromatic hydroxyl groups is 1. The number of nitrogens with one attached hydrogen (secondary N) is 2. The zero-order chi connectivity index (χ0) is 25.0. The maximum absolute atomic E-state index is 13.0. The van der Waals surface area contributed by atoms with Gasteiger partial charge in [0.2, 0.25) is 5.91 Å². The molecule has 0 aliphatic carbocycles. The van der Waals surface area contributed by atoms with Crippen LogP contribution in [0.4, 0.5) is 10.5 Å². The van der Waals surface area contributed by atoms with Gasteiger partial charge in [-0.15, -0.1) is 0 Å². The highest BCUT2D eigenvalue weighted by atomic mass is 35.5. The van der Waals surface area contributed by atoms with Crippen LogP contribution in [0.5, 0.6) is 5.75 Å². The van der Waals surface area contributed by atoms with Crippen LogP contribution < -0.4 is 10.6 Å². The lowest BCUT2D eigenvalue weighted by atomic mass is 9.77. The molecular weight excluding hydrogens is 460 g/mol. The van der Waals surface area contributed by atoms with Crippen LogP contribution in [0.25, 0.3) is 0 Å². The van der Waals surface area contributed by atoms with Crippen molar-refractivity contribution in [1.82, 2.24) is 15.2 Å². The van der Waals surface area contributed by atoms with Gasteiger partial charge in [0.15, 0.2) is 0 Å². The number of rotatable bonds is 5. The molecule has 0 bridgehead atoms. The molecule has 1 aromatic carbocycles. The van der Waals surface area contributed by atoms with E-state index in [1.54, 1.807) is 6.07 Å². The number of piperidine rings is 1. The molecule has 4 N–H and O–H groups in total. The highest BCUT2D eigenvalue weighted by molar-refractivity contribution is 6.30. The molecule has 2 heterocycles. The highest BCUT2D eigenvalue weighted by Crippen LogP contribution is 2.32. The summed E-state index contributed by atoms with van der Waals surface area (Å²) in [5.74, 6) is -0.881. The van der Waals surface area contributed by atoms with Crippen molar-refractivity contribution in [1.29, 1.82) is 0 Å². The largest absolute Gasteiger partial charge is 0.508 e. The van der Waals surface area contributed by atoms with E-state index in [1.165, 1.54) is 35.4 Å². The second kappa shape index (κ2) is 10.3. The number of pyridine rings is 1. The van der Waals surface area contributed by atoms with Gasteiger partial charge in [0.1, 0.15) is 11.4 Å². The lowest BCUT2D eigenvalue weighted by Gasteiger charge is -2.46. The Morgan fingerprint density at radius 3 is 2.62 bits per heavy atom. The molecule has 2 atom stereocenters. The van der Waals surface area contributed by atoms with Crippen molar-refractivity contribution in [2.75, 3.05) is 11.9 Å². The Kier molecular flexibility index (Phi) is 7.66. The van der Waals surface area contributed by atoms with E-state index in [0.29, 0.717) is 35.7 Å². The van der Waals surface area contributed by atoms with E-state index in [1.807, 2.05) is 20.8 Å². The van der Waals surface area contributed by atoms with Crippen LogP contribution in [0.2, 0.25) is 5.02 Å². The first-order chi connectivity index (χ1) is 16.0. The SMILES string of the molecule is CC(C)(C)C1C(NC(=O)c2cc(NC(=O)Cc3cc(Cl)ccc3O)ccn2)CCCN1C(=O)O. The monoisotopic (exact) mass is 488 g/mol. The average Bonchev–Trinajstić information content (AvgIpc) is 2.75. The molecule has 1 aliphatic rings. The summed E-state index contributed by atoms with van der Waals surface area (Å²) in [5.41, 5.74) is 0.468. The number of aromatic nitrogens is 1. The molecule has 1 saturated heterocycles. The summed E-state index contributed by atoms with van der Waals surface area (Å²) in [6, 6.07) is 6.70. The number of halogens is 1. The van der Waals surface area contributed by atoms with Crippen molar-refractivity contribution >= 4 is 35.2 Å². The minimum absolute atomic E-state index is 0.0364. The number of hydrogen-bond donors (Lipinski definition) is 4. The minimum Gasteiger partial charge on any atom is -0.508 e. The Morgan fingerprint density at radius 2 is 1.94 bits per heavy atom. The summed E-state index contributed by atoms with van der Waals surface area (Å²) in [7, 11) is 0. The summed E-state index contributed by atoms with van der Waals surface area (Å²) in [6.07, 6.45) is 1.59. The van der Waals surface area contributed by atoms with Crippen LogP contribution in [0.3, 0.4) is 0 Å². The van der Waals surface area contributed by atoms with Gasteiger partial charge in [0, 0.05) is 29.0 Å². The van der Waals surface area contributed by atoms with Crippen molar-refractivity contribution in [3.05, 3.63) is 52.8 Å². The van der Waals surface area contributed by atoms with Crippen molar-refractivity contribution < 1.29 is 24.6 Å². The Balaban J connectivity index is 1.71. The number of carbonyl (C=O) groups excluding carboxylic acids is 2. The molecule has 3 amide bonds. The lowest BCUT2D eigenvalue weighted by Crippen LogP contribution is -2.61. The number of amides is 3. The number of phenols is 1. The third kappa shape index (κ3) is 6.17. The number of anilines is 1. The Bertz CT molecular complexity index is 1090. The molecule has 2 aromatic rings. The number of carbonyl (C=O) groups is 3. The van der Waals surface area contributed by atoms with Gasteiger partial charge in [-0.05, 0) is 48.6 Å². The fourth-order valence-electron chi connectivity index (χ4n) is 4.38. The standard InChI is InChI=1S/C24H29ClN4O5/c1-24(2,3)21-17(5-4-10-29(21)23(33)34)28-22(32)18-13-16(8-9-26-18)27-20(31)12-14-11-15(25)6-7-19(14)30/h6-9,11,13,17,21,30H,4-5,10,12H2,1-3H3,(H,28,32)(H,33,34)(H,26,27,31). The molecule has 10 heteroatoms. The molecule has 1 aliphatic heterocycles. The number of phenolic OH excluding ortho intramolecular Hbond substituents is 1. The molecule has 2 unspecified atom stereocenters. The van der Waals surface area contributed by atoms with E-state index in [0.717, 1.165) is 0 Å². The second-order valence-electron chi connectivity index (χ2n) is 9.44. The number of nitrogens with zero attached hydrogens (tertiary/aromatic N) is 2. The van der Waals surface area contributed by atoms with Crippen LogP contribution in [0.15, 0.2) is 36.5 Å². The van der Waals surface area contributed by atoms with E-state index in [4.69, 9.17) is 11.6 Å².